The van der Waals surface area contributed by atoms with Crippen LogP contribution in [0.2, 0.25) is 0 Å². The third-order valence-corrected chi connectivity index (χ3v) is 7.58. The maximum atomic E-state index is 6.32. The van der Waals surface area contributed by atoms with Crippen molar-refractivity contribution in [3.05, 3.63) is 72.6 Å². The Kier molecular flexibility index (Phi) is 11.4. The lowest BCUT2D eigenvalue weighted by molar-refractivity contribution is 0.293. The lowest BCUT2D eigenvalue weighted by Gasteiger charge is -2.12. The van der Waals surface area contributed by atoms with Crippen LogP contribution in [0.15, 0.2) is 66.7 Å². The van der Waals surface area contributed by atoms with E-state index in [0.29, 0.717) is 6.61 Å². The van der Waals surface area contributed by atoms with E-state index in [4.69, 9.17) is 9.72 Å². The molecule has 3 aromatic carbocycles. The van der Waals surface area contributed by atoms with Gasteiger partial charge in [0, 0.05) is 11.9 Å². The monoisotopic (exact) mass is 498 g/mol. The van der Waals surface area contributed by atoms with Crippen LogP contribution >= 0.6 is 0 Å². The zero-order chi connectivity index (χ0) is 25.5. The average Bonchev–Trinajstić information content (AvgIpc) is 3.29. The minimum absolute atomic E-state index is 0.487. The normalized spacial score (nSPS) is 11.5. The van der Waals surface area contributed by atoms with Crippen LogP contribution in [0.3, 0.4) is 0 Å². The van der Waals surface area contributed by atoms with E-state index in [2.05, 4.69) is 78.2 Å². The van der Waals surface area contributed by atoms with Gasteiger partial charge in [-0.1, -0.05) is 139 Å². The SMILES string of the molecule is CCCCCCCCCCCCCCCCn1c(COc2cccc3ccccc23)nc2ccccc21. The molecule has 0 aliphatic carbocycles. The summed E-state index contributed by atoms with van der Waals surface area (Å²) in [6.45, 7) is 3.79. The Morgan fingerprint density at radius 3 is 1.95 bits per heavy atom. The van der Waals surface area contributed by atoms with E-state index < -0.39 is 0 Å². The van der Waals surface area contributed by atoms with Crippen molar-refractivity contribution in [1.29, 1.82) is 0 Å². The highest BCUT2D eigenvalue weighted by Crippen LogP contribution is 2.27. The van der Waals surface area contributed by atoms with Crippen molar-refractivity contribution < 1.29 is 4.74 Å². The molecule has 4 rings (SSSR count). The summed E-state index contributed by atoms with van der Waals surface area (Å²) in [6, 6.07) is 23.1. The summed E-state index contributed by atoms with van der Waals surface area (Å²) in [4.78, 5) is 4.93. The van der Waals surface area contributed by atoms with Gasteiger partial charge >= 0.3 is 0 Å². The first-order chi connectivity index (χ1) is 18.4. The molecule has 0 atom stereocenters. The van der Waals surface area contributed by atoms with Gasteiger partial charge in [0.05, 0.1) is 11.0 Å². The molecule has 0 radical (unpaired) electrons. The van der Waals surface area contributed by atoms with E-state index in [1.165, 1.54) is 101 Å². The predicted octanol–water partition coefficient (Wildman–Crippen LogP) is 10.2. The highest BCUT2D eigenvalue weighted by molar-refractivity contribution is 5.88. The summed E-state index contributed by atoms with van der Waals surface area (Å²) >= 11 is 0. The van der Waals surface area contributed by atoms with Crippen molar-refractivity contribution in [2.75, 3.05) is 0 Å². The molecule has 0 aliphatic rings. The molecule has 3 heteroatoms. The first-order valence-corrected chi connectivity index (χ1v) is 14.9. The van der Waals surface area contributed by atoms with Gasteiger partial charge in [0.25, 0.3) is 0 Å². The third-order valence-electron chi connectivity index (χ3n) is 7.58. The maximum absolute atomic E-state index is 6.32. The quantitative estimate of drug-likeness (QED) is 0.128. The van der Waals surface area contributed by atoms with Gasteiger partial charge in [0.15, 0.2) is 0 Å². The molecule has 0 unspecified atom stereocenters. The summed E-state index contributed by atoms with van der Waals surface area (Å²) in [5.74, 6) is 1.94. The third kappa shape index (κ3) is 8.35. The predicted molar refractivity (Wildman–Crippen MR) is 158 cm³/mol. The topological polar surface area (TPSA) is 27.1 Å². The summed E-state index contributed by atoms with van der Waals surface area (Å²) in [5, 5.41) is 2.36. The molecule has 3 nitrogen and oxygen atoms in total. The number of unbranched alkanes of at least 4 members (excludes halogenated alkanes) is 13. The number of benzene rings is 3. The molecule has 0 aliphatic heterocycles. The molecule has 198 valence electrons. The van der Waals surface area contributed by atoms with Crippen molar-refractivity contribution >= 4 is 21.8 Å². The first-order valence-electron chi connectivity index (χ1n) is 14.9. The van der Waals surface area contributed by atoms with E-state index in [1.807, 2.05) is 0 Å². The average molecular weight is 499 g/mol. The molecule has 0 saturated carbocycles. The minimum atomic E-state index is 0.487. The number of ether oxygens (including phenoxy) is 1. The zero-order valence-electron chi connectivity index (χ0n) is 23.0. The Labute approximate surface area is 224 Å². The number of nitrogens with zero attached hydrogens (tertiary/aromatic N) is 2. The smallest absolute Gasteiger partial charge is 0.147 e. The number of fused-ring (bicyclic) bond motifs is 2. The van der Waals surface area contributed by atoms with Crippen LogP contribution in [-0.2, 0) is 13.2 Å². The number of rotatable bonds is 18. The molecule has 37 heavy (non-hydrogen) atoms. The van der Waals surface area contributed by atoms with Gasteiger partial charge in [0.1, 0.15) is 18.2 Å². The number of para-hydroxylation sites is 2. The fourth-order valence-electron chi connectivity index (χ4n) is 5.41. The summed E-state index contributed by atoms with van der Waals surface area (Å²) < 4.78 is 8.69. The molecule has 0 amide bonds. The Bertz CT molecular complexity index is 1190. The number of hydrogen-bond donors (Lipinski definition) is 0. The first kappa shape index (κ1) is 27.2. The van der Waals surface area contributed by atoms with Gasteiger partial charge in [0.2, 0.25) is 0 Å². The zero-order valence-corrected chi connectivity index (χ0v) is 23.0. The second-order valence-electron chi connectivity index (χ2n) is 10.5. The minimum Gasteiger partial charge on any atom is -0.485 e. The van der Waals surface area contributed by atoms with Crippen molar-refractivity contribution in [2.45, 2.75) is 110 Å². The van der Waals surface area contributed by atoms with Gasteiger partial charge in [-0.25, -0.2) is 4.98 Å². The lowest BCUT2D eigenvalue weighted by atomic mass is 10.0. The maximum Gasteiger partial charge on any atom is 0.147 e. The van der Waals surface area contributed by atoms with Crippen LogP contribution in [0, 0.1) is 0 Å². The van der Waals surface area contributed by atoms with Crippen LogP contribution in [0.25, 0.3) is 21.8 Å². The fraction of sp³-hybridized carbons (Fsp3) is 0.500. The van der Waals surface area contributed by atoms with Crippen molar-refractivity contribution in [3.63, 3.8) is 0 Å². The molecule has 0 saturated heterocycles. The molecule has 1 heterocycles. The Balaban J connectivity index is 1.19. The van der Waals surface area contributed by atoms with E-state index in [-0.39, 0.29) is 0 Å². The van der Waals surface area contributed by atoms with Gasteiger partial charge < -0.3 is 9.30 Å². The number of aryl methyl sites for hydroxylation is 1. The fourth-order valence-corrected chi connectivity index (χ4v) is 5.41. The number of aromatic nitrogens is 2. The Morgan fingerprint density at radius 1 is 0.622 bits per heavy atom. The van der Waals surface area contributed by atoms with Crippen LogP contribution in [0.5, 0.6) is 5.75 Å². The van der Waals surface area contributed by atoms with Crippen LogP contribution in [0.1, 0.15) is 103 Å². The van der Waals surface area contributed by atoms with Gasteiger partial charge in [-0.15, -0.1) is 0 Å². The molecule has 4 aromatic rings. The second-order valence-corrected chi connectivity index (χ2v) is 10.5. The van der Waals surface area contributed by atoms with Crippen LogP contribution in [0.4, 0.5) is 0 Å². The van der Waals surface area contributed by atoms with Crippen molar-refractivity contribution in [2.24, 2.45) is 0 Å². The summed E-state index contributed by atoms with van der Waals surface area (Å²) in [5.41, 5.74) is 2.28. The van der Waals surface area contributed by atoms with Gasteiger partial charge in [-0.2, -0.15) is 0 Å². The largest absolute Gasteiger partial charge is 0.485 e. The standard InChI is InChI=1S/C34H46N2O/c1-2-3-4-5-6-7-8-9-10-11-12-13-14-19-27-36-32-25-18-17-24-31(32)35-34(36)28-37-33-26-20-22-29-21-15-16-23-30(29)33/h15-18,20-26H,2-14,19,27-28H2,1H3. The molecular formula is C34H46N2O. The van der Waals surface area contributed by atoms with Crippen molar-refractivity contribution in [1.82, 2.24) is 9.55 Å². The highest BCUT2D eigenvalue weighted by Gasteiger charge is 2.12. The molecule has 1 aromatic heterocycles. The molecular weight excluding hydrogens is 452 g/mol. The van der Waals surface area contributed by atoms with Gasteiger partial charge in [-0.3, -0.25) is 0 Å². The molecule has 0 N–H and O–H groups in total. The Hall–Kier alpha value is -2.81. The van der Waals surface area contributed by atoms with E-state index >= 15 is 0 Å². The van der Waals surface area contributed by atoms with E-state index in [1.54, 1.807) is 0 Å². The highest BCUT2D eigenvalue weighted by atomic mass is 16.5. The Morgan fingerprint density at radius 2 is 1.22 bits per heavy atom. The molecule has 0 spiro atoms. The molecule has 0 fully saturated rings. The summed E-state index contributed by atoms with van der Waals surface area (Å²) in [7, 11) is 0. The second kappa shape index (κ2) is 15.4. The van der Waals surface area contributed by atoms with E-state index in [9.17, 15) is 0 Å². The number of imidazole rings is 1. The number of hydrogen-bond acceptors (Lipinski definition) is 2. The van der Waals surface area contributed by atoms with Crippen molar-refractivity contribution in [3.8, 4) is 5.75 Å². The van der Waals surface area contributed by atoms with E-state index in [0.717, 1.165) is 29.0 Å². The molecule has 0 bridgehead atoms. The van der Waals surface area contributed by atoms with Gasteiger partial charge in [-0.05, 0) is 30.0 Å². The summed E-state index contributed by atoms with van der Waals surface area (Å²) in [6.07, 6.45) is 19.4. The lowest BCUT2D eigenvalue weighted by Crippen LogP contribution is -2.08. The van der Waals surface area contributed by atoms with Crippen LogP contribution in [-0.4, -0.2) is 9.55 Å². The van der Waals surface area contributed by atoms with Crippen LogP contribution < -0.4 is 4.74 Å².